The van der Waals surface area contributed by atoms with Crippen LogP contribution in [0.25, 0.3) is 11.0 Å². The first-order chi connectivity index (χ1) is 10.3. The molecule has 2 unspecified atom stereocenters. The molecule has 0 bridgehead atoms. The Bertz CT molecular complexity index is 738. The van der Waals surface area contributed by atoms with E-state index >= 15 is 0 Å². The predicted molar refractivity (Wildman–Crippen MR) is 86.6 cm³/mol. The van der Waals surface area contributed by atoms with E-state index in [1.165, 1.54) is 7.11 Å². The van der Waals surface area contributed by atoms with Crippen LogP contribution in [0.3, 0.4) is 0 Å². The Morgan fingerprint density at radius 2 is 1.96 bits per heavy atom. The highest BCUT2D eigenvalue weighted by Crippen LogP contribution is 2.60. The van der Waals surface area contributed by atoms with Crippen molar-refractivity contribution in [3.8, 4) is 0 Å². The van der Waals surface area contributed by atoms with Crippen molar-refractivity contribution in [2.75, 3.05) is 7.11 Å². The molecule has 23 heavy (non-hydrogen) atoms. The van der Waals surface area contributed by atoms with Crippen molar-refractivity contribution in [1.82, 2.24) is 9.55 Å². The summed E-state index contributed by atoms with van der Waals surface area (Å²) in [5.74, 6) is 1.20. The van der Waals surface area contributed by atoms with Gasteiger partial charge in [0.1, 0.15) is 5.82 Å². The number of ether oxygens (including phenoxy) is 1. The molecule has 0 saturated heterocycles. The molecule has 1 saturated carbocycles. The Morgan fingerprint density at radius 1 is 1.30 bits per heavy atom. The van der Waals surface area contributed by atoms with E-state index in [-0.39, 0.29) is 41.3 Å². The second-order valence-corrected chi connectivity index (χ2v) is 7.15. The quantitative estimate of drug-likeness (QED) is 0.523. The van der Waals surface area contributed by atoms with Crippen LogP contribution in [0.5, 0.6) is 0 Å². The summed E-state index contributed by atoms with van der Waals surface area (Å²) >= 11 is 0. The van der Waals surface area contributed by atoms with Gasteiger partial charge >= 0.3 is 5.97 Å². The summed E-state index contributed by atoms with van der Waals surface area (Å²) in [6, 6.07) is 8.18. The lowest BCUT2D eigenvalue weighted by molar-refractivity contribution is -0.157. The second-order valence-electron chi connectivity index (χ2n) is 7.15. The minimum absolute atomic E-state index is 0. The Labute approximate surface area is 154 Å². The van der Waals surface area contributed by atoms with E-state index in [0.717, 1.165) is 29.7 Å². The van der Waals surface area contributed by atoms with E-state index in [2.05, 4.69) is 31.5 Å². The van der Waals surface area contributed by atoms with Gasteiger partial charge in [0.05, 0.1) is 23.6 Å². The predicted octanol–water partition coefficient (Wildman–Crippen LogP) is 0.660. The number of benzene rings is 1. The van der Waals surface area contributed by atoms with Crippen molar-refractivity contribution in [1.29, 1.82) is 0 Å². The van der Waals surface area contributed by atoms with Crippen LogP contribution in [0.4, 0.5) is 0 Å². The molecule has 126 valence electrons. The molecule has 0 N–H and O–H groups in total. The monoisotopic (exact) mass is 427 g/mol. The third-order valence-electron chi connectivity index (χ3n) is 6.00. The Kier molecular flexibility index (Phi) is 4.81. The molecule has 2 aromatic rings. The summed E-state index contributed by atoms with van der Waals surface area (Å²) in [4.78, 5) is 17.2. The van der Waals surface area contributed by atoms with Crippen molar-refractivity contribution in [3.05, 3.63) is 30.1 Å². The number of esters is 1. The molecule has 0 radical (unpaired) electrons. The molecule has 1 aliphatic carbocycles. The van der Waals surface area contributed by atoms with E-state index in [9.17, 15) is 4.79 Å². The van der Waals surface area contributed by atoms with Crippen molar-refractivity contribution in [2.24, 2.45) is 17.9 Å². The maximum Gasteiger partial charge on any atom is 0.312 e. The van der Waals surface area contributed by atoms with Crippen LogP contribution in [0, 0.1) is 10.8 Å². The summed E-state index contributed by atoms with van der Waals surface area (Å²) in [6.07, 6.45) is 1.79. The fraction of sp³-hybridized carbons (Fsp3) is 0.556. The Morgan fingerprint density at radius 3 is 2.57 bits per heavy atom. The lowest BCUT2D eigenvalue weighted by Gasteiger charge is -2.39. The van der Waals surface area contributed by atoms with Crippen LogP contribution in [0.15, 0.2) is 24.3 Å². The third kappa shape index (κ3) is 2.47. The maximum atomic E-state index is 12.3. The van der Waals surface area contributed by atoms with Crippen molar-refractivity contribution in [3.63, 3.8) is 0 Å². The highest BCUT2D eigenvalue weighted by atomic mass is 127. The van der Waals surface area contributed by atoms with E-state index in [0.29, 0.717) is 0 Å². The van der Waals surface area contributed by atoms with E-state index in [1.807, 2.05) is 25.1 Å². The number of rotatable bonds is 2. The zero-order valence-electron chi connectivity index (χ0n) is 14.4. The van der Waals surface area contributed by atoms with Gasteiger partial charge in [0, 0.05) is 13.0 Å². The van der Waals surface area contributed by atoms with Crippen LogP contribution in [0.1, 0.15) is 45.4 Å². The molecule has 0 aliphatic heterocycles. The number of hydrogen-bond donors (Lipinski definition) is 0. The zero-order chi connectivity index (χ0) is 16.1. The van der Waals surface area contributed by atoms with Crippen molar-refractivity contribution < 1.29 is 33.5 Å². The van der Waals surface area contributed by atoms with E-state index in [1.54, 1.807) is 0 Å². The third-order valence-corrected chi connectivity index (χ3v) is 6.00. The van der Waals surface area contributed by atoms with Gasteiger partial charge in [-0.15, -0.1) is 0 Å². The molecular formula is C18H24IN2O2-. The van der Waals surface area contributed by atoms with Crippen LogP contribution < -0.4 is 24.0 Å². The molecule has 0 spiro atoms. The van der Waals surface area contributed by atoms with Gasteiger partial charge in [-0.3, -0.25) is 4.79 Å². The molecule has 0 amide bonds. The maximum absolute atomic E-state index is 12.3. The number of nitrogens with zero attached hydrogens (tertiary/aromatic N) is 2. The first-order valence-corrected chi connectivity index (χ1v) is 7.82. The standard InChI is InChI=1S/C18H24N2O2.HI/c1-17(2)12(10-11-18(17,3)16(21)22-5)15-19-13-8-6-7-9-14(13)20(15)4;/h6-9,12H,10-11H2,1-5H3;1H/p-1. The summed E-state index contributed by atoms with van der Waals surface area (Å²) in [5.41, 5.74) is 1.49. The average Bonchev–Trinajstić information content (AvgIpc) is 2.95. The summed E-state index contributed by atoms with van der Waals surface area (Å²) in [5, 5.41) is 0. The number of aryl methyl sites for hydroxylation is 1. The van der Waals surface area contributed by atoms with Gasteiger partial charge < -0.3 is 33.3 Å². The number of aromatic nitrogens is 2. The molecule has 5 heteroatoms. The lowest BCUT2D eigenvalue weighted by atomic mass is 9.65. The molecule has 4 nitrogen and oxygen atoms in total. The number of para-hydroxylation sites is 2. The number of fused-ring (bicyclic) bond motifs is 1. The van der Waals surface area contributed by atoms with Gasteiger partial charge in [-0.05, 0) is 37.3 Å². The SMILES string of the molecule is COC(=O)C1(C)CCC(c2nc3ccccc3n2C)C1(C)C.[I-]. The Hall–Kier alpha value is -1.11. The highest BCUT2D eigenvalue weighted by molar-refractivity contribution is 5.79. The molecule has 1 aromatic carbocycles. The fourth-order valence-electron chi connectivity index (χ4n) is 4.02. The second kappa shape index (κ2) is 6.07. The molecule has 1 aliphatic rings. The molecule has 1 aromatic heterocycles. The molecular weight excluding hydrogens is 403 g/mol. The fourth-order valence-corrected chi connectivity index (χ4v) is 4.02. The van der Waals surface area contributed by atoms with E-state index in [4.69, 9.17) is 9.72 Å². The van der Waals surface area contributed by atoms with Crippen LogP contribution in [-0.2, 0) is 16.6 Å². The minimum atomic E-state index is -0.468. The number of methoxy groups -OCH3 is 1. The van der Waals surface area contributed by atoms with Crippen LogP contribution in [0.2, 0.25) is 0 Å². The number of carbonyl (C=O) groups is 1. The molecule has 1 heterocycles. The molecule has 3 rings (SSSR count). The summed E-state index contributed by atoms with van der Waals surface area (Å²) < 4.78 is 7.25. The Balaban J connectivity index is 0.00000192. The number of imidazole rings is 1. The first kappa shape index (κ1) is 18.2. The van der Waals surface area contributed by atoms with Gasteiger partial charge in [0.25, 0.3) is 0 Å². The first-order valence-electron chi connectivity index (χ1n) is 7.82. The van der Waals surface area contributed by atoms with Crippen LogP contribution in [-0.4, -0.2) is 22.6 Å². The summed E-state index contributed by atoms with van der Waals surface area (Å²) in [6.45, 7) is 6.36. The largest absolute Gasteiger partial charge is 1.00 e. The van der Waals surface area contributed by atoms with Crippen molar-refractivity contribution in [2.45, 2.75) is 39.5 Å². The molecule has 1 fully saturated rings. The highest BCUT2D eigenvalue weighted by Gasteiger charge is 2.58. The topological polar surface area (TPSA) is 44.1 Å². The van der Waals surface area contributed by atoms with Crippen molar-refractivity contribution >= 4 is 17.0 Å². The zero-order valence-corrected chi connectivity index (χ0v) is 16.5. The van der Waals surface area contributed by atoms with E-state index < -0.39 is 5.41 Å². The lowest BCUT2D eigenvalue weighted by Crippen LogP contribution is -3.00. The van der Waals surface area contributed by atoms with Gasteiger partial charge in [0.15, 0.2) is 0 Å². The number of hydrogen-bond acceptors (Lipinski definition) is 3. The molecule has 2 atom stereocenters. The minimum Gasteiger partial charge on any atom is -1.00 e. The number of carbonyl (C=O) groups excluding carboxylic acids is 1. The average molecular weight is 427 g/mol. The summed E-state index contributed by atoms with van der Waals surface area (Å²) in [7, 11) is 3.54. The normalized spacial score (nSPS) is 26.0. The van der Waals surface area contributed by atoms with Gasteiger partial charge in [-0.25, -0.2) is 4.98 Å². The van der Waals surface area contributed by atoms with Crippen LogP contribution >= 0.6 is 0 Å². The smallest absolute Gasteiger partial charge is 0.312 e. The van der Waals surface area contributed by atoms with Gasteiger partial charge in [0.2, 0.25) is 0 Å². The number of halogens is 1. The van der Waals surface area contributed by atoms with Gasteiger partial charge in [-0.2, -0.15) is 0 Å². The van der Waals surface area contributed by atoms with Gasteiger partial charge in [-0.1, -0.05) is 26.0 Å².